The third-order valence-electron chi connectivity index (χ3n) is 4.37. The third-order valence-corrected chi connectivity index (χ3v) is 6.12. The van der Waals surface area contributed by atoms with Crippen LogP contribution < -0.4 is 0 Å². The van der Waals surface area contributed by atoms with Gasteiger partial charge in [0.25, 0.3) is 0 Å². The van der Waals surface area contributed by atoms with Crippen LogP contribution in [0, 0.1) is 10.8 Å². The summed E-state index contributed by atoms with van der Waals surface area (Å²) in [7, 11) is -0.561. The van der Waals surface area contributed by atoms with Gasteiger partial charge in [0.15, 0.2) is 0 Å². The monoisotopic (exact) mass is 208 g/mol. The molecule has 1 nitrogen and oxygen atoms in total. The number of allylic oxidation sites excluding steroid dienone is 4. The molecule has 1 fully saturated rings. The summed E-state index contributed by atoms with van der Waals surface area (Å²) in [6, 6.07) is 0. The van der Waals surface area contributed by atoms with E-state index in [4.69, 9.17) is 0 Å². The second-order valence-electron chi connectivity index (χ2n) is 5.05. The maximum Gasteiger partial charge on any atom is 0.0303 e. The molecule has 1 aliphatic heterocycles. The largest absolute Gasteiger partial charge is 0.260 e. The fourth-order valence-electron chi connectivity index (χ4n) is 3.48. The van der Waals surface area contributed by atoms with Crippen molar-refractivity contribution in [3.63, 3.8) is 0 Å². The summed E-state index contributed by atoms with van der Waals surface area (Å²) in [5.74, 6) is 1.89. The molecule has 0 aromatic rings. The van der Waals surface area contributed by atoms with Gasteiger partial charge in [0.05, 0.1) is 0 Å². The van der Waals surface area contributed by atoms with Crippen LogP contribution in [0.2, 0.25) is 0 Å². The summed E-state index contributed by atoms with van der Waals surface area (Å²) in [5, 5.41) is 0. The quantitative estimate of drug-likeness (QED) is 0.559. The van der Waals surface area contributed by atoms with E-state index in [9.17, 15) is 4.21 Å². The number of hydrogen-bond acceptors (Lipinski definition) is 1. The third kappa shape index (κ3) is 0.979. The molecule has 1 saturated heterocycles. The van der Waals surface area contributed by atoms with Gasteiger partial charge in [-0.3, -0.25) is 4.21 Å². The van der Waals surface area contributed by atoms with E-state index >= 15 is 0 Å². The Kier molecular flexibility index (Phi) is 1.79. The Bertz CT molecular complexity index is 292. The van der Waals surface area contributed by atoms with E-state index in [0.29, 0.717) is 10.8 Å². The first kappa shape index (κ1) is 8.90. The minimum absolute atomic E-state index is 0.362. The van der Waals surface area contributed by atoms with E-state index in [2.05, 4.69) is 24.3 Å². The predicted molar refractivity (Wildman–Crippen MR) is 59.5 cm³/mol. The summed E-state index contributed by atoms with van der Waals surface area (Å²) >= 11 is 0. The van der Waals surface area contributed by atoms with Crippen molar-refractivity contribution in [3.8, 4) is 0 Å². The van der Waals surface area contributed by atoms with E-state index in [1.165, 1.54) is 0 Å². The first-order valence-electron chi connectivity index (χ1n) is 5.41. The molecule has 0 spiro atoms. The van der Waals surface area contributed by atoms with Crippen LogP contribution in [-0.2, 0) is 10.8 Å². The molecule has 0 unspecified atom stereocenters. The molecule has 0 aromatic carbocycles. The van der Waals surface area contributed by atoms with Gasteiger partial charge in [-0.2, -0.15) is 0 Å². The zero-order chi connectivity index (χ0) is 9.65. The molecule has 2 aliphatic carbocycles. The van der Waals surface area contributed by atoms with Crippen molar-refractivity contribution in [2.75, 3.05) is 11.5 Å². The maximum absolute atomic E-state index is 11.8. The van der Waals surface area contributed by atoms with Crippen molar-refractivity contribution in [1.29, 1.82) is 0 Å². The van der Waals surface area contributed by atoms with E-state index in [-0.39, 0.29) is 0 Å². The highest BCUT2D eigenvalue weighted by Gasteiger charge is 2.57. The van der Waals surface area contributed by atoms with Gasteiger partial charge >= 0.3 is 0 Å². The number of rotatable bonds is 0. The molecule has 0 amide bonds. The fraction of sp³-hybridized carbons (Fsp3) is 0.667. The van der Waals surface area contributed by atoms with Crippen molar-refractivity contribution < 1.29 is 4.21 Å². The Morgan fingerprint density at radius 3 is 1.50 bits per heavy atom. The molecule has 76 valence electrons. The Labute approximate surface area is 87.7 Å². The number of hydrogen-bond donors (Lipinski definition) is 0. The van der Waals surface area contributed by atoms with Gasteiger partial charge in [-0.15, -0.1) is 0 Å². The van der Waals surface area contributed by atoms with Crippen LogP contribution in [0.25, 0.3) is 0 Å². The fourth-order valence-corrected chi connectivity index (χ4v) is 5.90. The molecule has 0 radical (unpaired) electrons. The highest BCUT2D eigenvalue weighted by atomic mass is 32.2. The van der Waals surface area contributed by atoms with Crippen LogP contribution in [0.3, 0.4) is 0 Å². The molecule has 1 heterocycles. The zero-order valence-corrected chi connectivity index (χ0v) is 9.19. The Balaban J connectivity index is 2.10. The molecular weight excluding hydrogens is 192 g/mol. The van der Waals surface area contributed by atoms with Crippen molar-refractivity contribution in [1.82, 2.24) is 0 Å². The molecule has 0 aromatic heterocycles. The van der Waals surface area contributed by atoms with Crippen LogP contribution in [0.1, 0.15) is 25.7 Å². The Morgan fingerprint density at radius 1 is 0.786 bits per heavy atom. The SMILES string of the molecule is O=S1CC23CC=CCC2(CC=CC3)C1. The van der Waals surface area contributed by atoms with Gasteiger partial charge in [0, 0.05) is 22.3 Å². The molecule has 2 heteroatoms. The molecule has 0 bridgehead atoms. The second-order valence-corrected chi connectivity index (χ2v) is 6.51. The van der Waals surface area contributed by atoms with Crippen molar-refractivity contribution >= 4 is 10.8 Å². The van der Waals surface area contributed by atoms with E-state index in [0.717, 1.165) is 37.2 Å². The van der Waals surface area contributed by atoms with E-state index in [1.54, 1.807) is 0 Å². The van der Waals surface area contributed by atoms with E-state index in [1.807, 2.05) is 0 Å². The summed E-state index contributed by atoms with van der Waals surface area (Å²) in [4.78, 5) is 0. The van der Waals surface area contributed by atoms with Crippen LogP contribution >= 0.6 is 0 Å². The first-order valence-corrected chi connectivity index (χ1v) is 6.90. The molecule has 14 heavy (non-hydrogen) atoms. The zero-order valence-electron chi connectivity index (χ0n) is 8.37. The van der Waals surface area contributed by atoms with E-state index < -0.39 is 10.8 Å². The second kappa shape index (κ2) is 2.82. The minimum Gasteiger partial charge on any atom is -0.260 e. The van der Waals surface area contributed by atoms with Crippen molar-refractivity contribution in [2.24, 2.45) is 10.8 Å². The van der Waals surface area contributed by atoms with Gasteiger partial charge in [-0.1, -0.05) is 24.3 Å². The first-order chi connectivity index (χ1) is 6.77. The smallest absolute Gasteiger partial charge is 0.0303 e. The van der Waals surface area contributed by atoms with Gasteiger partial charge in [0.1, 0.15) is 0 Å². The lowest BCUT2D eigenvalue weighted by molar-refractivity contribution is 0.0851. The van der Waals surface area contributed by atoms with Gasteiger partial charge in [-0.25, -0.2) is 0 Å². The van der Waals surface area contributed by atoms with Crippen LogP contribution in [0.5, 0.6) is 0 Å². The van der Waals surface area contributed by atoms with Gasteiger partial charge < -0.3 is 0 Å². The Morgan fingerprint density at radius 2 is 1.14 bits per heavy atom. The highest BCUT2D eigenvalue weighted by Crippen LogP contribution is 2.59. The van der Waals surface area contributed by atoms with Crippen LogP contribution in [0.4, 0.5) is 0 Å². The average molecular weight is 208 g/mol. The average Bonchev–Trinajstić information content (AvgIpc) is 2.48. The Hall–Kier alpha value is -0.370. The molecule has 0 N–H and O–H groups in total. The molecular formula is C12H16OS. The predicted octanol–water partition coefficient (Wildman–Crippen LogP) is 2.42. The molecule has 0 atom stereocenters. The van der Waals surface area contributed by atoms with Crippen LogP contribution in [-0.4, -0.2) is 15.7 Å². The molecule has 0 saturated carbocycles. The molecule has 3 aliphatic rings. The minimum atomic E-state index is -0.561. The summed E-state index contributed by atoms with van der Waals surface area (Å²) in [6.07, 6.45) is 13.8. The van der Waals surface area contributed by atoms with Crippen molar-refractivity contribution in [3.05, 3.63) is 24.3 Å². The summed E-state index contributed by atoms with van der Waals surface area (Å²) in [6.45, 7) is 0. The lowest BCUT2D eigenvalue weighted by atomic mass is 9.55. The normalized spacial score (nSPS) is 50.1. The topological polar surface area (TPSA) is 17.1 Å². The summed E-state index contributed by atoms with van der Waals surface area (Å²) in [5.41, 5.74) is 0.725. The standard InChI is InChI=1S/C12H16OS/c13-14-9-11-5-1-2-6-12(11,10-14)8-4-3-7-11/h1-4H,5-10H2. The molecule has 3 rings (SSSR count). The maximum atomic E-state index is 11.8. The summed E-state index contributed by atoms with van der Waals surface area (Å²) < 4.78 is 11.8. The highest BCUT2D eigenvalue weighted by molar-refractivity contribution is 7.85. The lowest BCUT2D eigenvalue weighted by Crippen LogP contribution is -2.43. The lowest BCUT2D eigenvalue weighted by Gasteiger charge is -2.48. The van der Waals surface area contributed by atoms with Crippen molar-refractivity contribution in [2.45, 2.75) is 25.7 Å². The van der Waals surface area contributed by atoms with Gasteiger partial charge in [-0.05, 0) is 36.5 Å². The van der Waals surface area contributed by atoms with Crippen LogP contribution in [0.15, 0.2) is 24.3 Å². The van der Waals surface area contributed by atoms with Gasteiger partial charge in [0.2, 0.25) is 0 Å².